The van der Waals surface area contributed by atoms with Gasteiger partial charge < -0.3 is 9.47 Å². The zero-order chi connectivity index (χ0) is 12.4. The highest BCUT2D eigenvalue weighted by atomic mass is 35.5. The molecule has 0 spiro atoms. The third kappa shape index (κ3) is 3.21. The summed E-state index contributed by atoms with van der Waals surface area (Å²) in [6.07, 6.45) is 0.911. The molecule has 1 aliphatic rings. The molecule has 2 nitrogen and oxygen atoms in total. The molecule has 0 amide bonds. The van der Waals surface area contributed by atoms with Crippen molar-refractivity contribution in [3.63, 3.8) is 0 Å². The van der Waals surface area contributed by atoms with Gasteiger partial charge in [-0.15, -0.1) is 0 Å². The number of ether oxygens (including phenoxy) is 2. The van der Waals surface area contributed by atoms with Crippen LogP contribution in [0.4, 0.5) is 0 Å². The molecule has 0 radical (unpaired) electrons. The standard InChI is InChI=1S/C14H19ClO2/c1-9-4-13(10(2)14(15)5-9)6-12-7-16-11(3)17-8-12/h4-5,11-12H,6-8H2,1-3H3. The predicted octanol–water partition coefficient (Wildman–Crippen LogP) is 3.51. The van der Waals surface area contributed by atoms with Crippen LogP contribution in [-0.4, -0.2) is 19.5 Å². The number of aryl methyl sites for hydroxylation is 1. The lowest BCUT2D eigenvalue weighted by Gasteiger charge is -2.27. The molecule has 1 aromatic carbocycles. The zero-order valence-electron chi connectivity index (χ0n) is 10.6. The first-order valence-corrected chi connectivity index (χ1v) is 6.43. The minimum absolute atomic E-state index is 0.0616. The summed E-state index contributed by atoms with van der Waals surface area (Å²) in [5.74, 6) is 0.433. The second kappa shape index (κ2) is 5.38. The molecule has 0 aliphatic carbocycles. The fourth-order valence-corrected chi connectivity index (χ4v) is 2.46. The molecule has 0 atom stereocenters. The topological polar surface area (TPSA) is 18.5 Å². The first-order chi connectivity index (χ1) is 8.06. The third-order valence-electron chi connectivity index (χ3n) is 3.24. The smallest absolute Gasteiger partial charge is 0.154 e. The Kier molecular flexibility index (Phi) is 4.08. The molecular formula is C14H19ClO2. The summed E-state index contributed by atoms with van der Waals surface area (Å²) in [6.45, 7) is 7.62. The normalized spacial score (nSPS) is 24.9. The summed E-state index contributed by atoms with van der Waals surface area (Å²) >= 11 is 6.20. The number of hydrogen-bond acceptors (Lipinski definition) is 2. The van der Waals surface area contributed by atoms with Crippen molar-refractivity contribution in [2.24, 2.45) is 5.92 Å². The van der Waals surface area contributed by atoms with Crippen LogP contribution in [0.15, 0.2) is 12.1 Å². The Morgan fingerprint density at radius 2 is 1.88 bits per heavy atom. The van der Waals surface area contributed by atoms with Gasteiger partial charge in [-0.25, -0.2) is 0 Å². The van der Waals surface area contributed by atoms with Gasteiger partial charge in [0.05, 0.1) is 13.2 Å². The van der Waals surface area contributed by atoms with Gasteiger partial charge >= 0.3 is 0 Å². The van der Waals surface area contributed by atoms with Crippen molar-refractivity contribution in [3.8, 4) is 0 Å². The molecule has 0 bridgehead atoms. The predicted molar refractivity (Wildman–Crippen MR) is 69.5 cm³/mol. The molecular weight excluding hydrogens is 236 g/mol. The summed E-state index contributed by atoms with van der Waals surface area (Å²) in [5.41, 5.74) is 3.69. The molecule has 1 saturated heterocycles. The van der Waals surface area contributed by atoms with Gasteiger partial charge in [0.15, 0.2) is 6.29 Å². The Balaban J connectivity index is 2.08. The molecule has 94 valence electrons. The van der Waals surface area contributed by atoms with Gasteiger partial charge in [0.2, 0.25) is 0 Å². The zero-order valence-corrected chi connectivity index (χ0v) is 11.4. The first kappa shape index (κ1) is 12.9. The minimum atomic E-state index is -0.0616. The van der Waals surface area contributed by atoms with E-state index in [9.17, 15) is 0 Å². The maximum atomic E-state index is 6.20. The lowest BCUT2D eigenvalue weighted by molar-refractivity contribution is -0.189. The third-order valence-corrected chi connectivity index (χ3v) is 3.63. The van der Waals surface area contributed by atoms with Gasteiger partial charge in [0.25, 0.3) is 0 Å². The SMILES string of the molecule is Cc1cc(Cl)c(C)c(CC2COC(C)OC2)c1. The van der Waals surface area contributed by atoms with Crippen molar-refractivity contribution in [3.05, 3.63) is 33.8 Å². The first-order valence-electron chi connectivity index (χ1n) is 6.05. The van der Waals surface area contributed by atoms with Crippen molar-refractivity contribution in [1.29, 1.82) is 0 Å². The highest BCUT2D eigenvalue weighted by Crippen LogP contribution is 2.25. The van der Waals surface area contributed by atoms with Crippen LogP contribution < -0.4 is 0 Å². The number of rotatable bonds is 2. The Morgan fingerprint density at radius 1 is 1.24 bits per heavy atom. The van der Waals surface area contributed by atoms with Gasteiger partial charge in [-0.1, -0.05) is 17.7 Å². The van der Waals surface area contributed by atoms with E-state index in [1.54, 1.807) is 0 Å². The van der Waals surface area contributed by atoms with E-state index in [4.69, 9.17) is 21.1 Å². The molecule has 17 heavy (non-hydrogen) atoms. The van der Waals surface area contributed by atoms with E-state index in [2.05, 4.69) is 19.9 Å². The second-order valence-electron chi connectivity index (χ2n) is 4.84. The van der Waals surface area contributed by atoms with Crippen LogP contribution in [0.5, 0.6) is 0 Å². The summed E-state index contributed by atoms with van der Waals surface area (Å²) < 4.78 is 11.0. The van der Waals surface area contributed by atoms with E-state index in [1.807, 2.05) is 13.0 Å². The summed E-state index contributed by atoms with van der Waals surface area (Å²) in [7, 11) is 0. The summed E-state index contributed by atoms with van der Waals surface area (Å²) in [4.78, 5) is 0. The van der Waals surface area contributed by atoms with Crippen molar-refractivity contribution in [2.75, 3.05) is 13.2 Å². The largest absolute Gasteiger partial charge is 0.353 e. The molecule has 0 saturated carbocycles. The fourth-order valence-electron chi connectivity index (χ4n) is 2.17. The van der Waals surface area contributed by atoms with E-state index in [0.29, 0.717) is 5.92 Å². The quantitative estimate of drug-likeness (QED) is 0.804. The lowest BCUT2D eigenvalue weighted by atomic mass is 9.95. The molecule has 1 fully saturated rings. The number of hydrogen-bond donors (Lipinski definition) is 0. The van der Waals surface area contributed by atoms with E-state index in [0.717, 1.165) is 24.7 Å². The summed E-state index contributed by atoms with van der Waals surface area (Å²) in [6, 6.07) is 4.22. The maximum absolute atomic E-state index is 6.20. The van der Waals surface area contributed by atoms with Crippen LogP contribution in [0.25, 0.3) is 0 Å². The van der Waals surface area contributed by atoms with E-state index >= 15 is 0 Å². The van der Waals surface area contributed by atoms with Crippen molar-refractivity contribution in [2.45, 2.75) is 33.5 Å². The second-order valence-corrected chi connectivity index (χ2v) is 5.24. The van der Waals surface area contributed by atoms with Crippen molar-refractivity contribution < 1.29 is 9.47 Å². The Hall–Kier alpha value is -0.570. The lowest BCUT2D eigenvalue weighted by Crippen LogP contribution is -2.31. The molecule has 2 rings (SSSR count). The molecule has 3 heteroatoms. The molecule has 1 aromatic rings. The van der Waals surface area contributed by atoms with Crippen molar-refractivity contribution in [1.82, 2.24) is 0 Å². The Morgan fingerprint density at radius 3 is 2.53 bits per heavy atom. The summed E-state index contributed by atoms with van der Waals surface area (Å²) in [5, 5.41) is 0.853. The molecule has 0 N–H and O–H groups in total. The Labute approximate surface area is 108 Å². The number of halogens is 1. The van der Waals surface area contributed by atoms with Gasteiger partial charge in [0.1, 0.15) is 0 Å². The molecule has 0 aromatic heterocycles. The average Bonchev–Trinajstić information content (AvgIpc) is 2.28. The van der Waals surface area contributed by atoms with Gasteiger partial charge in [-0.05, 0) is 49.9 Å². The minimum Gasteiger partial charge on any atom is -0.353 e. The van der Waals surface area contributed by atoms with Crippen LogP contribution in [0.3, 0.4) is 0 Å². The van der Waals surface area contributed by atoms with Crippen LogP contribution in [0.2, 0.25) is 5.02 Å². The van der Waals surface area contributed by atoms with Crippen LogP contribution in [-0.2, 0) is 15.9 Å². The molecule has 1 aliphatic heterocycles. The van der Waals surface area contributed by atoms with Gasteiger partial charge in [-0.3, -0.25) is 0 Å². The molecule has 0 unspecified atom stereocenters. The van der Waals surface area contributed by atoms with Gasteiger partial charge in [0, 0.05) is 10.9 Å². The van der Waals surface area contributed by atoms with E-state index < -0.39 is 0 Å². The van der Waals surface area contributed by atoms with Crippen molar-refractivity contribution >= 4 is 11.6 Å². The van der Waals surface area contributed by atoms with Crippen LogP contribution in [0, 0.1) is 19.8 Å². The number of benzene rings is 1. The average molecular weight is 255 g/mol. The highest BCUT2D eigenvalue weighted by Gasteiger charge is 2.20. The maximum Gasteiger partial charge on any atom is 0.154 e. The van der Waals surface area contributed by atoms with Crippen LogP contribution in [0.1, 0.15) is 23.6 Å². The highest BCUT2D eigenvalue weighted by molar-refractivity contribution is 6.31. The fraction of sp³-hybridized carbons (Fsp3) is 0.571. The molecule has 1 heterocycles. The Bertz CT molecular complexity index is 395. The van der Waals surface area contributed by atoms with Crippen LogP contribution >= 0.6 is 11.6 Å². The van der Waals surface area contributed by atoms with E-state index in [1.165, 1.54) is 16.7 Å². The monoisotopic (exact) mass is 254 g/mol. The van der Waals surface area contributed by atoms with Gasteiger partial charge in [-0.2, -0.15) is 0 Å². The van der Waals surface area contributed by atoms with E-state index in [-0.39, 0.29) is 6.29 Å².